The zero-order chi connectivity index (χ0) is 22.1. The maximum absolute atomic E-state index is 12.7. The van der Waals surface area contributed by atoms with Gasteiger partial charge in [-0.15, -0.1) is 0 Å². The van der Waals surface area contributed by atoms with Gasteiger partial charge in [0.05, 0.1) is 12.2 Å². The highest BCUT2D eigenvalue weighted by Gasteiger charge is 2.27. The average Bonchev–Trinajstić information content (AvgIpc) is 2.71. The minimum Gasteiger partial charge on any atom is -0.493 e. The number of halogens is 2. The molecule has 0 spiro atoms. The summed E-state index contributed by atoms with van der Waals surface area (Å²) in [6.07, 6.45) is 0. The fourth-order valence-electron chi connectivity index (χ4n) is 2.73. The number of benzene rings is 2. The molecule has 0 radical (unpaired) electrons. The third kappa shape index (κ3) is 6.43. The molecule has 0 aliphatic carbocycles. The van der Waals surface area contributed by atoms with Crippen molar-refractivity contribution in [1.29, 1.82) is 0 Å². The lowest BCUT2D eigenvalue weighted by Crippen LogP contribution is -2.45. The van der Waals surface area contributed by atoms with Crippen LogP contribution >= 0.6 is 0 Å². The van der Waals surface area contributed by atoms with E-state index >= 15 is 0 Å². The highest BCUT2D eigenvalue weighted by atomic mass is 19.3. The van der Waals surface area contributed by atoms with Crippen LogP contribution in [0.4, 0.5) is 8.78 Å². The zero-order valence-corrected chi connectivity index (χ0v) is 17.1. The zero-order valence-electron chi connectivity index (χ0n) is 17.1. The topological polar surface area (TPSA) is 73.9 Å². The fraction of sp³-hybridized carbons (Fsp3) is 0.364. The summed E-state index contributed by atoms with van der Waals surface area (Å²) in [5, 5.41) is 2.67. The number of para-hydroxylation sites is 2. The van der Waals surface area contributed by atoms with Crippen LogP contribution in [0.2, 0.25) is 0 Å². The second-order valence-corrected chi connectivity index (χ2v) is 6.72. The number of carbonyl (C=O) groups excluding carboxylic acids is 2. The molecule has 0 heterocycles. The van der Waals surface area contributed by atoms with E-state index in [1.165, 1.54) is 18.2 Å². The molecule has 6 nitrogen and oxygen atoms in total. The van der Waals surface area contributed by atoms with E-state index in [2.05, 4.69) is 10.1 Å². The van der Waals surface area contributed by atoms with Crippen molar-refractivity contribution >= 4 is 11.9 Å². The lowest BCUT2D eigenvalue weighted by atomic mass is 10.0. The molecule has 2 aromatic carbocycles. The third-order valence-electron chi connectivity index (χ3n) is 4.20. The molecule has 0 saturated heterocycles. The van der Waals surface area contributed by atoms with Crippen LogP contribution in [0.1, 0.15) is 36.7 Å². The van der Waals surface area contributed by atoms with Gasteiger partial charge in [-0.25, -0.2) is 4.79 Å². The van der Waals surface area contributed by atoms with Gasteiger partial charge in [0, 0.05) is 5.56 Å². The molecule has 0 aliphatic rings. The Hall–Kier alpha value is -3.16. The lowest BCUT2D eigenvalue weighted by molar-refractivity contribution is -0.148. The summed E-state index contributed by atoms with van der Waals surface area (Å²) >= 11 is 0. The Morgan fingerprint density at radius 1 is 1.00 bits per heavy atom. The molecule has 162 valence electrons. The standard InChI is InChI=1S/C22H25F2NO5/c1-4-28-18-12-8-6-10-16(18)20(26)25-19(14(2)3)21(27)29-13-15-9-5-7-11-17(15)30-22(23)24/h5-12,14,19,22H,4,13H2,1-3H3,(H,25,26)/t19-/m0/s1. The summed E-state index contributed by atoms with van der Waals surface area (Å²) < 4.78 is 40.2. The molecule has 0 unspecified atom stereocenters. The Morgan fingerprint density at radius 2 is 1.63 bits per heavy atom. The number of alkyl halides is 2. The van der Waals surface area contributed by atoms with Crippen molar-refractivity contribution in [1.82, 2.24) is 5.32 Å². The van der Waals surface area contributed by atoms with E-state index < -0.39 is 24.5 Å². The number of hydrogen-bond donors (Lipinski definition) is 1. The van der Waals surface area contributed by atoms with Crippen LogP contribution in [0, 0.1) is 5.92 Å². The van der Waals surface area contributed by atoms with Gasteiger partial charge in [0.15, 0.2) is 0 Å². The van der Waals surface area contributed by atoms with Crippen LogP contribution in [-0.4, -0.2) is 31.1 Å². The number of carbonyl (C=O) groups is 2. The van der Waals surface area contributed by atoms with Crippen LogP contribution < -0.4 is 14.8 Å². The monoisotopic (exact) mass is 421 g/mol. The van der Waals surface area contributed by atoms with Crippen molar-refractivity contribution in [2.75, 3.05) is 6.61 Å². The van der Waals surface area contributed by atoms with Gasteiger partial charge >= 0.3 is 12.6 Å². The van der Waals surface area contributed by atoms with Gasteiger partial charge in [0.25, 0.3) is 5.91 Å². The van der Waals surface area contributed by atoms with Crippen LogP contribution in [0.3, 0.4) is 0 Å². The Morgan fingerprint density at radius 3 is 2.27 bits per heavy atom. The van der Waals surface area contributed by atoms with Crippen molar-refractivity contribution in [3.63, 3.8) is 0 Å². The smallest absolute Gasteiger partial charge is 0.387 e. The Bertz CT molecular complexity index is 857. The third-order valence-corrected chi connectivity index (χ3v) is 4.20. The van der Waals surface area contributed by atoms with Crippen LogP contribution in [0.15, 0.2) is 48.5 Å². The molecular formula is C22H25F2NO5. The van der Waals surface area contributed by atoms with Gasteiger partial charge < -0.3 is 19.5 Å². The number of esters is 1. The molecule has 30 heavy (non-hydrogen) atoms. The molecule has 1 amide bonds. The summed E-state index contributed by atoms with van der Waals surface area (Å²) in [6.45, 7) is 2.45. The molecule has 8 heteroatoms. The molecule has 2 rings (SSSR count). The Labute approximate surface area is 174 Å². The van der Waals surface area contributed by atoms with Gasteiger partial charge in [-0.2, -0.15) is 8.78 Å². The van der Waals surface area contributed by atoms with E-state index in [0.717, 1.165) is 0 Å². The first-order valence-corrected chi connectivity index (χ1v) is 9.55. The number of rotatable bonds is 10. The van der Waals surface area contributed by atoms with E-state index in [1.54, 1.807) is 51.1 Å². The summed E-state index contributed by atoms with van der Waals surface area (Å²) in [7, 11) is 0. The maximum atomic E-state index is 12.7. The molecule has 2 aromatic rings. The number of hydrogen-bond acceptors (Lipinski definition) is 5. The minimum atomic E-state index is -2.99. The number of nitrogens with one attached hydrogen (secondary N) is 1. The molecule has 0 aliphatic heterocycles. The average molecular weight is 421 g/mol. The minimum absolute atomic E-state index is 0.0731. The summed E-state index contributed by atoms with van der Waals surface area (Å²) in [4.78, 5) is 25.3. The van der Waals surface area contributed by atoms with Crippen LogP contribution in [-0.2, 0) is 16.1 Å². The number of ether oxygens (including phenoxy) is 3. The molecule has 0 saturated carbocycles. The molecule has 1 N–H and O–H groups in total. The quantitative estimate of drug-likeness (QED) is 0.583. The van der Waals surface area contributed by atoms with Crippen LogP contribution in [0.25, 0.3) is 0 Å². The van der Waals surface area contributed by atoms with Crippen molar-refractivity contribution in [2.45, 2.75) is 40.0 Å². The normalized spacial score (nSPS) is 11.8. The summed E-state index contributed by atoms with van der Waals surface area (Å²) in [5.41, 5.74) is 0.593. The van der Waals surface area contributed by atoms with Gasteiger partial charge in [-0.05, 0) is 31.0 Å². The first-order valence-electron chi connectivity index (χ1n) is 9.55. The van der Waals surface area contributed by atoms with E-state index in [1.807, 2.05) is 0 Å². The highest BCUT2D eigenvalue weighted by Crippen LogP contribution is 2.22. The number of amides is 1. The summed E-state index contributed by atoms with van der Waals surface area (Å²) in [5.74, 6) is -1.09. The largest absolute Gasteiger partial charge is 0.493 e. The van der Waals surface area contributed by atoms with Gasteiger partial charge in [-0.1, -0.05) is 44.2 Å². The van der Waals surface area contributed by atoms with Crippen LogP contribution in [0.5, 0.6) is 11.5 Å². The van der Waals surface area contributed by atoms with Crippen molar-refractivity contribution in [3.05, 3.63) is 59.7 Å². The van der Waals surface area contributed by atoms with Crippen molar-refractivity contribution in [3.8, 4) is 11.5 Å². The fourth-order valence-corrected chi connectivity index (χ4v) is 2.73. The highest BCUT2D eigenvalue weighted by molar-refractivity contribution is 5.99. The van der Waals surface area contributed by atoms with Gasteiger partial charge in [-0.3, -0.25) is 4.79 Å². The second kappa shape index (κ2) is 11.1. The summed E-state index contributed by atoms with van der Waals surface area (Å²) in [6, 6.07) is 11.8. The first kappa shape index (κ1) is 23.1. The first-order chi connectivity index (χ1) is 14.3. The predicted molar refractivity (Wildman–Crippen MR) is 107 cm³/mol. The molecular weight excluding hydrogens is 396 g/mol. The lowest BCUT2D eigenvalue weighted by Gasteiger charge is -2.22. The molecule has 0 bridgehead atoms. The molecule has 0 aromatic heterocycles. The SMILES string of the molecule is CCOc1ccccc1C(=O)N[C@H](C(=O)OCc1ccccc1OC(F)F)C(C)C. The Kier molecular flexibility index (Phi) is 8.58. The van der Waals surface area contributed by atoms with Crippen molar-refractivity contribution < 1.29 is 32.6 Å². The maximum Gasteiger partial charge on any atom is 0.387 e. The van der Waals surface area contributed by atoms with E-state index in [0.29, 0.717) is 23.5 Å². The van der Waals surface area contributed by atoms with Gasteiger partial charge in [0.2, 0.25) is 0 Å². The molecule has 1 atom stereocenters. The van der Waals surface area contributed by atoms with E-state index in [4.69, 9.17) is 9.47 Å². The van der Waals surface area contributed by atoms with E-state index in [9.17, 15) is 18.4 Å². The Balaban J connectivity index is 2.08. The van der Waals surface area contributed by atoms with E-state index in [-0.39, 0.29) is 18.3 Å². The van der Waals surface area contributed by atoms with Gasteiger partial charge in [0.1, 0.15) is 24.1 Å². The van der Waals surface area contributed by atoms with Crippen molar-refractivity contribution in [2.24, 2.45) is 5.92 Å². The second-order valence-electron chi connectivity index (χ2n) is 6.72. The molecule has 0 fully saturated rings. The predicted octanol–water partition coefficient (Wildman–Crippen LogP) is 4.18.